The Bertz CT molecular complexity index is 747. The molecule has 29 heavy (non-hydrogen) atoms. The lowest BCUT2D eigenvalue weighted by Crippen LogP contribution is -2.36. The first-order valence-electron chi connectivity index (χ1n) is 10.9. The van der Waals surface area contributed by atoms with Crippen LogP contribution in [0.15, 0.2) is 91.0 Å². The van der Waals surface area contributed by atoms with Gasteiger partial charge in [-0.05, 0) is 49.7 Å². The second kappa shape index (κ2) is 10.2. The van der Waals surface area contributed by atoms with Crippen molar-refractivity contribution in [2.45, 2.75) is 51.6 Å². The number of hydrogen-bond acceptors (Lipinski definition) is 1. The van der Waals surface area contributed by atoms with Gasteiger partial charge in [0.1, 0.15) is 23.2 Å². The number of aliphatic hydroxyl groups is 1. The van der Waals surface area contributed by atoms with Gasteiger partial charge in [0.05, 0.1) is 11.8 Å². The zero-order valence-electron chi connectivity index (χ0n) is 17.8. The second-order valence-corrected chi connectivity index (χ2v) is 11.9. The van der Waals surface area contributed by atoms with Gasteiger partial charge >= 0.3 is 0 Å². The molecule has 0 heterocycles. The highest BCUT2D eigenvalue weighted by Gasteiger charge is 2.46. The molecule has 0 radical (unpaired) electrons. The average Bonchev–Trinajstić information content (AvgIpc) is 2.77. The van der Waals surface area contributed by atoms with E-state index in [4.69, 9.17) is 0 Å². The largest absolute Gasteiger partial charge is 0.390 e. The first-order chi connectivity index (χ1) is 14.1. The van der Waals surface area contributed by atoms with Gasteiger partial charge in [-0.3, -0.25) is 0 Å². The molecule has 152 valence electrons. The Morgan fingerprint density at radius 1 is 0.655 bits per heavy atom. The molecule has 1 nitrogen and oxygen atoms in total. The fraction of sp³-hybridized carbons (Fsp3) is 0.333. The van der Waals surface area contributed by atoms with Crippen molar-refractivity contribution < 1.29 is 5.11 Å². The molecule has 0 amide bonds. The summed E-state index contributed by atoms with van der Waals surface area (Å²) in [6.07, 6.45) is 6.13. The smallest absolute Gasteiger partial charge is 0.112 e. The van der Waals surface area contributed by atoms with E-state index in [-0.39, 0.29) is 0 Å². The predicted molar refractivity (Wildman–Crippen MR) is 129 cm³/mol. The van der Waals surface area contributed by atoms with Crippen LogP contribution in [0.4, 0.5) is 0 Å². The molecule has 3 rings (SSSR count). The number of hydrogen-bond donors (Lipinski definition) is 1. The summed E-state index contributed by atoms with van der Waals surface area (Å²) in [6.45, 7) is 4.24. The van der Waals surface area contributed by atoms with Gasteiger partial charge in [-0.2, -0.15) is 0 Å². The van der Waals surface area contributed by atoms with Crippen LogP contribution >= 0.6 is 7.26 Å². The summed E-state index contributed by atoms with van der Waals surface area (Å²) in [5.74, 6) is 0. The van der Waals surface area contributed by atoms with E-state index in [2.05, 4.69) is 97.9 Å². The highest BCUT2D eigenvalue weighted by Crippen LogP contribution is 2.56. The highest BCUT2D eigenvalue weighted by molar-refractivity contribution is 7.95. The molecule has 0 spiro atoms. The van der Waals surface area contributed by atoms with Crippen LogP contribution in [0.25, 0.3) is 0 Å². The first-order valence-corrected chi connectivity index (χ1v) is 12.8. The van der Waals surface area contributed by atoms with Crippen molar-refractivity contribution in [1.82, 2.24) is 0 Å². The summed E-state index contributed by atoms with van der Waals surface area (Å²) in [5, 5.41) is 15.3. The fourth-order valence-electron chi connectivity index (χ4n) is 4.17. The lowest BCUT2D eigenvalue weighted by Gasteiger charge is -2.31. The van der Waals surface area contributed by atoms with Gasteiger partial charge in [-0.25, -0.2) is 0 Å². The van der Waals surface area contributed by atoms with Crippen molar-refractivity contribution in [1.29, 1.82) is 0 Å². The summed E-state index contributed by atoms with van der Waals surface area (Å²) < 4.78 is 0. The minimum atomic E-state index is -1.85. The standard InChI is InChI=1S/C27H34OP/c1-3-4-14-21-27(2,28)22-23-29(24-15-8-5-9-16-24,25-17-10-6-11-18-25)26-19-12-7-13-20-26/h5-13,15-20,28H,3-4,14,21-23H2,1-2H3/q+1. The van der Waals surface area contributed by atoms with E-state index in [0.717, 1.165) is 25.4 Å². The normalized spacial score (nSPS) is 13.8. The predicted octanol–water partition coefficient (Wildman–Crippen LogP) is 5.70. The molecule has 1 N–H and O–H groups in total. The van der Waals surface area contributed by atoms with E-state index in [0.29, 0.717) is 0 Å². The molecule has 1 unspecified atom stereocenters. The second-order valence-electron chi connectivity index (χ2n) is 8.24. The van der Waals surface area contributed by atoms with Crippen LogP contribution < -0.4 is 15.9 Å². The van der Waals surface area contributed by atoms with Crippen LogP contribution in [0.5, 0.6) is 0 Å². The SMILES string of the molecule is CCCCCC(C)(O)CC[P+](c1ccccc1)(c1ccccc1)c1ccccc1. The molecule has 0 aliphatic heterocycles. The molecule has 0 aliphatic rings. The third-order valence-electron chi connectivity index (χ3n) is 5.90. The Kier molecular flexibility index (Phi) is 7.64. The summed E-state index contributed by atoms with van der Waals surface area (Å²) in [6, 6.07) is 32.8. The fourth-order valence-corrected chi connectivity index (χ4v) is 8.70. The number of unbranched alkanes of at least 4 members (excludes halogenated alkanes) is 2. The van der Waals surface area contributed by atoms with Crippen LogP contribution in [0, 0.1) is 0 Å². The summed E-state index contributed by atoms with van der Waals surface area (Å²) in [5.41, 5.74) is -0.626. The van der Waals surface area contributed by atoms with Gasteiger partial charge in [0.2, 0.25) is 0 Å². The maximum Gasteiger partial charge on any atom is 0.112 e. The molecule has 0 fully saturated rings. The van der Waals surface area contributed by atoms with Gasteiger partial charge < -0.3 is 5.11 Å². The van der Waals surface area contributed by atoms with Crippen molar-refractivity contribution in [2.24, 2.45) is 0 Å². The summed E-state index contributed by atoms with van der Waals surface area (Å²) in [4.78, 5) is 0. The van der Waals surface area contributed by atoms with Crippen LogP contribution in [-0.4, -0.2) is 16.9 Å². The Hall–Kier alpha value is -1.95. The molecular formula is C27H34OP+. The monoisotopic (exact) mass is 405 g/mol. The summed E-state index contributed by atoms with van der Waals surface area (Å²) in [7, 11) is -1.85. The molecule has 0 saturated heterocycles. The van der Waals surface area contributed by atoms with Gasteiger partial charge in [0.15, 0.2) is 0 Å². The van der Waals surface area contributed by atoms with E-state index in [1.54, 1.807) is 0 Å². The highest BCUT2D eigenvalue weighted by atomic mass is 31.2. The number of benzene rings is 3. The maximum atomic E-state index is 11.2. The molecule has 0 saturated carbocycles. The third kappa shape index (κ3) is 5.35. The van der Waals surface area contributed by atoms with E-state index in [1.807, 2.05) is 6.92 Å². The molecular weight excluding hydrogens is 371 g/mol. The Labute approximate surface area is 177 Å². The van der Waals surface area contributed by atoms with Crippen molar-refractivity contribution in [2.75, 3.05) is 6.16 Å². The zero-order valence-corrected chi connectivity index (χ0v) is 18.7. The minimum absolute atomic E-state index is 0.626. The molecule has 3 aromatic carbocycles. The minimum Gasteiger partial charge on any atom is -0.390 e. The van der Waals surface area contributed by atoms with Crippen LogP contribution in [-0.2, 0) is 0 Å². The molecule has 3 aromatic rings. The van der Waals surface area contributed by atoms with Crippen molar-refractivity contribution in [3.8, 4) is 0 Å². The molecule has 0 aromatic heterocycles. The molecule has 1 atom stereocenters. The zero-order chi connectivity index (χ0) is 20.6. The molecule has 0 bridgehead atoms. The molecule has 0 aliphatic carbocycles. The molecule has 2 heteroatoms. The van der Waals surface area contributed by atoms with E-state index >= 15 is 0 Å². The third-order valence-corrected chi connectivity index (χ3v) is 10.3. The van der Waals surface area contributed by atoms with E-state index in [9.17, 15) is 5.11 Å². The van der Waals surface area contributed by atoms with Crippen LogP contribution in [0.2, 0.25) is 0 Å². The topological polar surface area (TPSA) is 20.2 Å². The lowest BCUT2D eigenvalue weighted by atomic mass is 9.96. The van der Waals surface area contributed by atoms with Gasteiger partial charge in [0, 0.05) is 6.42 Å². The van der Waals surface area contributed by atoms with Gasteiger partial charge in [-0.15, -0.1) is 0 Å². The van der Waals surface area contributed by atoms with E-state index < -0.39 is 12.9 Å². The van der Waals surface area contributed by atoms with Gasteiger partial charge in [-0.1, -0.05) is 80.8 Å². The Morgan fingerprint density at radius 3 is 1.45 bits per heavy atom. The lowest BCUT2D eigenvalue weighted by molar-refractivity contribution is 0.0453. The average molecular weight is 406 g/mol. The van der Waals surface area contributed by atoms with Crippen molar-refractivity contribution in [3.05, 3.63) is 91.0 Å². The van der Waals surface area contributed by atoms with Crippen molar-refractivity contribution >= 4 is 23.2 Å². The van der Waals surface area contributed by atoms with E-state index in [1.165, 1.54) is 28.8 Å². The first kappa shape index (κ1) is 21.8. The van der Waals surface area contributed by atoms with Crippen LogP contribution in [0.1, 0.15) is 46.0 Å². The van der Waals surface area contributed by atoms with Crippen molar-refractivity contribution in [3.63, 3.8) is 0 Å². The quantitative estimate of drug-likeness (QED) is 0.339. The maximum absolute atomic E-state index is 11.2. The summed E-state index contributed by atoms with van der Waals surface area (Å²) >= 11 is 0. The van der Waals surface area contributed by atoms with Crippen LogP contribution in [0.3, 0.4) is 0 Å². The Balaban J connectivity index is 2.05. The number of rotatable bonds is 10. The Morgan fingerprint density at radius 2 is 1.07 bits per heavy atom. The van der Waals surface area contributed by atoms with Gasteiger partial charge in [0.25, 0.3) is 0 Å².